The highest BCUT2D eigenvalue weighted by atomic mass is 32.1. The van der Waals surface area contributed by atoms with Crippen LogP contribution in [0.3, 0.4) is 0 Å². The van der Waals surface area contributed by atoms with Gasteiger partial charge in [0, 0.05) is 0 Å². The Bertz CT molecular complexity index is 942. The van der Waals surface area contributed by atoms with Crippen molar-refractivity contribution in [3.63, 3.8) is 0 Å². The van der Waals surface area contributed by atoms with Gasteiger partial charge in [-0.3, -0.25) is 5.32 Å². The summed E-state index contributed by atoms with van der Waals surface area (Å²) in [6.07, 6.45) is 1.56. The zero-order valence-electron chi connectivity index (χ0n) is 12.3. The number of rotatable bonds is 4. The van der Waals surface area contributed by atoms with E-state index in [1.807, 2.05) is 24.3 Å². The largest absolute Gasteiger partial charge is 0.462 e. The van der Waals surface area contributed by atoms with Gasteiger partial charge in [-0.1, -0.05) is 23.5 Å². The minimum atomic E-state index is -0.377. The fourth-order valence-corrected chi connectivity index (χ4v) is 2.88. The molecule has 0 unspecified atom stereocenters. The molecule has 0 spiro atoms. The van der Waals surface area contributed by atoms with Crippen LogP contribution in [0.2, 0.25) is 0 Å². The number of carbonyl (C=O) groups excluding carboxylic acids is 1. The van der Waals surface area contributed by atoms with E-state index in [9.17, 15) is 4.79 Å². The molecule has 1 aromatic carbocycles. The smallest absolute Gasteiger partial charge is 0.321 e. The van der Waals surface area contributed by atoms with Crippen LogP contribution in [-0.2, 0) is 6.54 Å². The van der Waals surface area contributed by atoms with Crippen LogP contribution in [0.15, 0.2) is 47.1 Å². The minimum Gasteiger partial charge on any atom is -0.462 e. The van der Waals surface area contributed by atoms with E-state index in [-0.39, 0.29) is 12.6 Å². The van der Waals surface area contributed by atoms with Crippen LogP contribution < -0.4 is 10.6 Å². The van der Waals surface area contributed by atoms with Crippen LogP contribution in [0.4, 0.5) is 9.93 Å². The molecular formula is C15H12N6O2S. The lowest BCUT2D eigenvalue weighted by molar-refractivity contribution is 0.251. The maximum Gasteiger partial charge on any atom is 0.321 e. The first kappa shape index (κ1) is 14.4. The van der Waals surface area contributed by atoms with Gasteiger partial charge in [0.25, 0.3) is 0 Å². The van der Waals surface area contributed by atoms with Gasteiger partial charge in [-0.05, 0) is 24.3 Å². The Kier molecular flexibility index (Phi) is 3.67. The Hall–Kier alpha value is -3.20. The molecule has 0 atom stereocenters. The van der Waals surface area contributed by atoms with Gasteiger partial charge >= 0.3 is 6.03 Å². The number of nitrogens with one attached hydrogen (secondary N) is 3. The van der Waals surface area contributed by atoms with Gasteiger partial charge in [0.05, 0.1) is 23.8 Å². The van der Waals surface area contributed by atoms with E-state index in [0.29, 0.717) is 21.7 Å². The Morgan fingerprint density at radius 1 is 1.21 bits per heavy atom. The average molecular weight is 340 g/mol. The number of hydrogen-bond donors (Lipinski definition) is 3. The van der Waals surface area contributed by atoms with E-state index in [4.69, 9.17) is 4.42 Å². The van der Waals surface area contributed by atoms with Crippen LogP contribution in [0.1, 0.15) is 5.82 Å². The van der Waals surface area contributed by atoms with E-state index >= 15 is 0 Å². The SMILES string of the molecule is O=C(NCc1nc2ccccc2[nH]1)Nc1nnc(-c2ccco2)s1. The van der Waals surface area contributed by atoms with Gasteiger partial charge in [0.2, 0.25) is 5.13 Å². The third-order valence-electron chi connectivity index (χ3n) is 3.23. The first-order valence-electron chi connectivity index (χ1n) is 7.14. The normalized spacial score (nSPS) is 10.8. The monoisotopic (exact) mass is 340 g/mol. The third kappa shape index (κ3) is 2.97. The lowest BCUT2D eigenvalue weighted by Crippen LogP contribution is -2.28. The lowest BCUT2D eigenvalue weighted by atomic mass is 10.3. The number of anilines is 1. The van der Waals surface area contributed by atoms with Crippen LogP contribution in [0, 0.1) is 0 Å². The summed E-state index contributed by atoms with van der Waals surface area (Å²) in [4.78, 5) is 19.5. The predicted molar refractivity (Wildman–Crippen MR) is 89.6 cm³/mol. The lowest BCUT2D eigenvalue weighted by Gasteiger charge is -2.02. The molecule has 2 amide bonds. The molecule has 0 fully saturated rings. The quantitative estimate of drug-likeness (QED) is 0.529. The second-order valence-electron chi connectivity index (χ2n) is 4.90. The number of urea groups is 1. The second-order valence-corrected chi connectivity index (χ2v) is 5.88. The van der Waals surface area contributed by atoms with Gasteiger partial charge in [-0.2, -0.15) is 0 Å². The van der Waals surface area contributed by atoms with E-state index in [0.717, 1.165) is 11.0 Å². The first-order valence-corrected chi connectivity index (χ1v) is 7.95. The minimum absolute atomic E-state index is 0.282. The number of nitrogens with zero attached hydrogens (tertiary/aromatic N) is 3. The Balaban J connectivity index is 1.36. The number of amides is 2. The van der Waals surface area contributed by atoms with E-state index in [1.165, 1.54) is 11.3 Å². The number of para-hydroxylation sites is 2. The van der Waals surface area contributed by atoms with Crippen molar-refractivity contribution in [2.75, 3.05) is 5.32 Å². The number of benzene rings is 1. The number of hydrogen-bond acceptors (Lipinski definition) is 6. The number of imidazole rings is 1. The number of aromatic nitrogens is 4. The molecule has 24 heavy (non-hydrogen) atoms. The summed E-state index contributed by atoms with van der Waals surface area (Å²) in [6, 6.07) is 10.9. The first-order chi connectivity index (χ1) is 11.8. The molecule has 0 radical (unpaired) electrons. The number of furan rings is 1. The molecular weight excluding hydrogens is 328 g/mol. The van der Waals surface area contributed by atoms with Crippen LogP contribution in [-0.4, -0.2) is 26.2 Å². The Morgan fingerprint density at radius 3 is 2.96 bits per heavy atom. The highest BCUT2D eigenvalue weighted by molar-refractivity contribution is 7.18. The van der Waals surface area contributed by atoms with Gasteiger partial charge in [-0.15, -0.1) is 10.2 Å². The summed E-state index contributed by atoms with van der Waals surface area (Å²) in [7, 11) is 0. The number of aromatic amines is 1. The second kappa shape index (κ2) is 6.13. The van der Waals surface area contributed by atoms with Crippen molar-refractivity contribution in [2.24, 2.45) is 0 Å². The highest BCUT2D eigenvalue weighted by Crippen LogP contribution is 2.26. The summed E-state index contributed by atoms with van der Waals surface area (Å²) in [5.41, 5.74) is 1.80. The topological polar surface area (TPSA) is 109 Å². The van der Waals surface area contributed by atoms with Crippen molar-refractivity contribution in [1.29, 1.82) is 0 Å². The molecule has 0 bridgehead atoms. The molecule has 3 N–H and O–H groups in total. The molecule has 3 aromatic heterocycles. The number of carbonyl (C=O) groups is 1. The Labute approximate surface area is 139 Å². The van der Waals surface area contributed by atoms with E-state index < -0.39 is 0 Å². The number of H-pyrrole nitrogens is 1. The molecule has 3 heterocycles. The summed E-state index contributed by atoms with van der Waals surface area (Å²) >= 11 is 1.23. The fraction of sp³-hybridized carbons (Fsp3) is 0.0667. The van der Waals surface area contributed by atoms with E-state index in [2.05, 4.69) is 30.8 Å². The summed E-state index contributed by atoms with van der Waals surface area (Å²) < 4.78 is 5.24. The van der Waals surface area contributed by atoms with Gasteiger partial charge < -0.3 is 14.7 Å². The molecule has 0 aliphatic heterocycles. The van der Waals surface area contributed by atoms with Crippen molar-refractivity contribution in [3.8, 4) is 10.8 Å². The molecule has 0 aliphatic rings. The number of fused-ring (bicyclic) bond motifs is 1. The zero-order chi connectivity index (χ0) is 16.4. The molecule has 120 valence electrons. The van der Waals surface area contributed by atoms with Crippen LogP contribution >= 0.6 is 11.3 Å². The molecule has 4 rings (SSSR count). The average Bonchev–Trinajstić information content (AvgIpc) is 3.32. The molecule has 0 aliphatic carbocycles. The van der Waals surface area contributed by atoms with Gasteiger partial charge in [0.1, 0.15) is 5.82 Å². The zero-order valence-corrected chi connectivity index (χ0v) is 13.1. The third-order valence-corrected chi connectivity index (χ3v) is 4.09. The molecule has 4 aromatic rings. The molecule has 9 heteroatoms. The maximum absolute atomic E-state index is 11.9. The van der Waals surface area contributed by atoms with Crippen molar-refractivity contribution in [2.45, 2.75) is 6.54 Å². The maximum atomic E-state index is 11.9. The molecule has 8 nitrogen and oxygen atoms in total. The van der Waals surface area contributed by atoms with Crippen molar-refractivity contribution >= 4 is 33.5 Å². The van der Waals surface area contributed by atoms with E-state index in [1.54, 1.807) is 18.4 Å². The van der Waals surface area contributed by atoms with Crippen LogP contribution in [0.25, 0.3) is 21.8 Å². The summed E-state index contributed by atoms with van der Waals surface area (Å²) in [5, 5.41) is 14.2. The Morgan fingerprint density at radius 2 is 2.12 bits per heavy atom. The highest BCUT2D eigenvalue weighted by Gasteiger charge is 2.11. The standard InChI is InChI=1S/C15H12N6O2S/c22-14(16-8-12-17-9-4-1-2-5-10(9)18-12)19-15-21-20-13(24-15)11-6-3-7-23-11/h1-7H,8H2,(H,17,18)(H2,16,19,21,22). The molecule has 0 saturated carbocycles. The summed E-state index contributed by atoms with van der Waals surface area (Å²) in [5.74, 6) is 1.29. The van der Waals surface area contributed by atoms with Crippen molar-refractivity contribution < 1.29 is 9.21 Å². The van der Waals surface area contributed by atoms with Crippen LogP contribution in [0.5, 0.6) is 0 Å². The van der Waals surface area contributed by atoms with Gasteiger partial charge in [0.15, 0.2) is 10.8 Å². The van der Waals surface area contributed by atoms with Crippen molar-refractivity contribution in [3.05, 3.63) is 48.5 Å². The predicted octanol–water partition coefficient (Wildman–Crippen LogP) is 3.00. The summed E-state index contributed by atoms with van der Waals surface area (Å²) in [6.45, 7) is 0.282. The van der Waals surface area contributed by atoms with Gasteiger partial charge in [-0.25, -0.2) is 9.78 Å². The molecule has 0 saturated heterocycles. The fourth-order valence-electron chi connectivity index (χ4n) is 2.17. The van der Waals surface area contributed by atoms with Crippen molar-refractivity contribution in [1.82, 2.24) is 25.5 Å².